The van der Waals surface area contributed by atoms with Crippen LogP contribution in [-0.2, 0) is 11.4 Å². The molecule has 130 valence electrons. The molecule has 0 bridgehead atoms. The maximum absolute atomic E-state index is 12.0. The van der Waals surface area contributed by atoms with Crippen molar-refractivity contribution in [3.05, 3.63) is 102 Å². The Morgan fingerprint density at radius 2 is 1.50 bits per heavy atom. The van der Waals surface area contributed by atoms with Crippen molar-refractivity contribution in [2.24, 2.45) is 10.9 Å². The maximum atomic E-state index is 12.0. The highest BCUT2D eigenvalue weighted by molar-refractivity contribution is 6.02. The van der Waals surface area contributed by atoms with Crippen LogP contribution in [0.3, 0.4) is 0 Å². The third kappa shape index (κ3) is 4.48. The topological polar surface area (TPSA) is 76.7 Å². The first-order valence-electron chi connectivity index (χ1n) is 8.21. The maximum Gasteiger partial charge on any atom is 0.365 e. The van der Waals surface area contributed by atoms with Crippen molar-refractivity contribution < 1.29 is 9.63 Å². The number of hydrogen-bond acceptors (Lipinski definition) is 4. The summed E-state index contributed by atoms with van der Waals surface area (Å²) in [6.07, 6.45) is 0. The van der Waals surface area contributed by atoms with E-state index in [1.54, 1.807) is 24.3 Å². The van der Waals surface area contributed by atoms with Crippen molar-refractivity contribution in [1.29, 1.82) is 0 Å². The highest BCUT2D eigenvalue weighted by Crippen LogP contribution is 2.16. The Balaban J connectivity index is 1.71. The van der Waals surface area contributed by atoms with Gasteiger partial charge in [0.05, 0.1) is 5.56 Å². The molecule has 0 aliphatic rings. The van der Waals surface area contributed by atoms with Crippen molar-refractivity contribution in [3.8, 4) is 0 Å². The Hall–Kier alpha value is -3.60. The highest BCUT2D eigenvalue weighted by atomic mass is 16.7. The van der Waals surface area contributed by atoms with E-state index < -0.39 is 5.97 Å². The number of benzene rings is 3. The van der Waals surface area contributed by atoms with Crippen LogP contribution in [-0.4, -0.2) is 11.8 Å². The van der Waals surface area contributed by atoms with Crippen LogP contribution in [0, 0.1) is 0 Å². The predicted molar refractivity (Wildman–Crippen MR) is 103 cm³/mol. The Bertz CT molecular complexity index is 893. The zero-order valence-electron chi connectivity index (χ0n) is 14.1. The number of para-hydroxylation sites is 1. The van der Waals surface area contributed by atoms with E-state index in [4.69, 9.17) is 10.6 Å². The molecule has 3 aromatic carbocycles. The Morgan fingerprint density at radius 1 is 0.885 bits per heavy atom. The van der Waals surface area contributed by atoms with Gasteiger partial charge in [-0.3, -0.25) is 0 Å². The minimum absolute atomic E-state index is 0.130. The molecule has 0 aromatic heterocycles. The van der Waals surface area contributed by atoms with Gasteiger partial charge in [0.2, 0.25) is 0 Å². The van der Waals surface area contributed by atoms with Gasteiger partial charge in [-0.2, -0.15) is 0 Å². The standard InChI is InChI=1S/C21H19N3O2/c22-20(24-26-21(25)17-11-5-2-6-12-17)18-13-7-8-14-19(18)23-15-16-9-3-1-4-10-16/h1-14,23H,15H2,(H2,22,24). The zero-order valence-corrected chi connectivity index (χ0v) is 14.1. The SMILES string of the molecule is NC(=NOC(=O)c1ccccc1)c1ccccc1NCc1ccccc1. The molecule has 0 heterocycles. The molecule has 3 aromatic rings. The van der Waals surface area contributed by atoms with Crippen molar-refractivity contribution in [3.63, 3.8) is 0 Å². The van der Waals surface area contributed by atoms with E-state index in [9.17, 15) is 4.79 Å². The summed E-state index contributed by atoms with van der Waals surface area (Å²) in [7, 11) is 0. The van der Waals surface area contributed by atoms with E-state index in [0.29, 0.717) is 17.7 Å². The lowest BCUT2D eigenvalue weighted by Gasteiger charge is -2.11. The van der Waals surface area contributed by atoms with Crippen LogP contribution >= 0.6 is 0 Å². The molecule has 3 N–H and O–H groups in total. The summed E-state index contributed by atoms with van der Waals surface area (Å²) >= 11 is 0. The predicted octanol–water partition coefficient (Wildman–Crippen LogP) is 3.78. The molecule has 0 amide bonds. The first kappa shape index (κ1) is 17.2. The van der Waals surface area contributed by atoms with Gasteiger partial charge in [-0.25, -0.2) is 4.79 Å². The second-order valence-electron chi connectivity index (χ2n) is 5.61. The summed E-state index contributed by atoms with van der Waals surface area (Å²) in [5.41, 5.74) is 9.07. The van der Waals surface area contributed by atoms with E-state index in [1.807, 2.05) is 60.7 Å². The molecule has 0 saturated heterocycles. The molecular formula is C21H19N3O2. The average Bonchev–Trinajstić information content (AvgIpc) is 2.72. The fourth-order valence-electron chi connectivity index (χ4n) is 2.42. The van der Waals surface area contributed by atoms with Crippen molar-refractivity contribution in [2.45, 2.75) is 6.54 Å². The van der Waals surface area contributed by atoms with E-state index in [1.165, 1.54) is 0 Å². The van der Waals surface area contributed by atoms with Gasteiger partial charge in [0.1, 0.15) is 0 Å². The highest BCUT2D eigenvalue weighted by Gasteiger charge is 2.09. The number of nitrogens with one attached hydrogen (secondary N) is 1. The van der Waals surface area contributed by atoms with Gasteiger partial charge in [0.15, 0.2) is 5.84 Å². The van der Waals surface area contributed by atoms with Gasteiger partial charge in [0, 0.05) is 17.8 Å². The van der Waals surface area contributed by atoms with Gasteiger partial charge < -0.3 is 15.9 Å². The lowest BCUT2D eigenvalue weighted by atomic mass is 10.1. The van der Waals surface area contributed by atoms with Crippen LogP contribution in [0.25, 0.3) is 0 Å². The minimum atomic E-state index is -0.553. The third-order valence-electron chi connectivity index (χ3n) is 3.77. The number of nitrogens with two attached hydrogens (primary N) is 1. The molecule has 26 heavy (non-hydrogen) atoms. The van der Waals surface area contributed by atoms with Gasteiger partial charge in [-0.15, -0.1) is 0 Å². The van der Waals surface area contributed by atoms with Crippen LogP contribution in [0.1, 0.15) is 21.5 Å². The number of hydrogen-bond donors (Lipinski definition) is 2. The molecule has 0 unspecified atom stereocenters. The second kappa shape index (κ2) is 8.48. The van der Waals surface area contributed by atoms with Crippen molar-refractivity contribution in [1.82, 2.24) is 0 Å². The normalized spacial score (nSPS) is 11.0. The first-order valence-corrected chi connectivity index (χ1v) is 8.21. The number of rotatable bonds is 6. The Labute approximate surface area is 152 Å². The Kier molecular flexibility index (Phi) is 5.62. The molecule has 5 heteroatoms. The quantitative estimate of drug-likeness (QED) is 0.308. The zero-order chi connectivity index (χ0) is 18.2. The van der Waals surface area contributed by atoms with E-state index in [2.05, 4.69) is 10.5 Å². The van der Waals surface area contributed by atoms with Crippen molar-refractivity contribution >= 4 is 17.5 Å². The lowest BCUT2D eigenvalue weighted by Crippen LogP contribution is -2.17. The summed E-state index contributed by atoms with van der Waals surface area (Å²) in [6.45, 7) is 0.648. The third-order valence-corrected chi connectivity index (χ3v) is 3.77. The van der Waals surface area contributed by atoms with Crippen LogP contribution in [0.2, 0.25) is 0 Å². The van der Waals surface area contributed by atoms with Crippen molar-refractivity contribution in [2.75, 3.05) is 5.32 Å². The van der Waals surface area contributed by atoms with Crippen LogP contribution < -0.4 is 11.1 Å². The first-order chi connectivity index (χ1) is 12.7. The van der Waals surface area contributed by atoms with Crippen LogP contribution in [0.5, 0.6) is 0 Å². The second-order valence-corrected chi connectivity index (χ2v) is 5.61. The number of oxime groups is 1. The molecule has 5 nitrogen and oxygen atoms in total. The number of anilines is 1. The van der Waals surface area contributed by atoms with E-state index >= 15 is 0 Å². The van der Waals surface area contributed by atoms with Gasteiger partial charge in [-0.05, 0) is 29.8 Å². The average molecular weight is 345 g/mol. The fraction of sp³-hybridized carbons (Fsp3) is 0.0476. The molecule has 3 rings (SSSR count). The molecular weight excluding hydrogens is 326 g/mol. The smallest absolute Gasteiger partial charge is 0.365 e. The monoisotopic (exact) mass is 345 g/mol. The molecule has 0 saturated carbocycles. The Morgan fingerprint density at radius 3 is 2.23 bits per heavy atom. The fourth-order valence-corrected chi connectivity index (χ4v) is 2.42. The number of carbonyl (C=O) groups excluding carboxylic acids is 1. The molecule has 0 aliphatic carbocycles. The van der Waals surface area contributed by atoms with Crippen LogP contribution in [0.15, 0.2) is 90.1 Å². The lowest BCUT2D eigenvalue weighted by molar-refractivity contribution is 0.0516. The summed E-state index contributed by atoms with van der Waals surface area (Å²) in [4.78, 5) is 16.9. The van der Waals surface area contributed by atoms with Gasteiger partial charge in [-0.1, -0.05) is 65.8 Å². The number of carbonyl (C=O) groups is 1. The largest absolute Gasteiger partial charge is 0.380 e. The summed E-state index contributed by atoms with van der Waals surface area (Å²) in [6, 6.07) is 26.2. The summed E-state index contributed by atoms with van der Waals surface area (Å²) in [5.74, 6) is -0.422. The van der Waals surface area contributed by atoms with E-state index in [0.717, 1.165) is 11.3 Å². The molecule has 0 radical (unpaired) electrons. The number of nitrogens with zero attached hydrogens (tertiary/aromatic N) is 1. The molecule has 0 aliphatic heterocycles. The van der Waals surface area contributed by atoms with Gasteiger partial charge in [0.25, 0.3) is 0 Å². The molecule has 0 atom stereocenters. The molecule has 0 spiro atoms. The summed E-state index contributed by atoms with van der Waals surface area (Å²) in [5, 5.41) is 7.12. The minimum Gasteiger partial charge on any atom is -0.380 e. The molecule has 0 fully saturated rings. The van der Waals surface area contributed by atoms with Crippen LogP contribution in [0.4, 0.5) is 5.69 Å². The number of amidine groups is 1. The summed E-state index contributed by atoms with van der Waals surface area (Å²) < 4.78 is 0. The van der Waals surface area contributed by atoms with E-state index in [-0.39, 0.29) is 5.84 Å². The van der Waals surface area contributed by atoms with Gasteiger partial charge >= 0.3 is 5.97 Å².